The zero-order valence-corrected chi connectivity index (χ0v) is 46.2. The predicted octanol–water partition coefficient (Wildman–Crippen LogP) is -5.75. The van der Waals surface area contributed by atoms with Gasteiger partial charge in [-0.15, -0.1) is 0 Å². The van der Waals surface area contributed by atoms with Crippen LogP contribution >= 0.6 is 0 Å². The van der Waals surface area contributed by atoms with Crippen LogP contribution in [0.1, 0.15) is 132 Å². The fourth-order valence-electron chi connectivity index (χ4n) is 7.40. The van der Waals surface area contributed by atoms with Gasteiger partial charge < -0.3 is 93.5 Å². The Kier molecular flexibility index (Phi) is 33.9. The fourth-order valence-corrected chi connectivity index (χ4v) is 7.40. The van der Waals surface area contributed by atoms with Crippen molar-refractivity contribution in [3.63, 3.8) is 0 Å². The molecule has 10 atom stereocenters. The van der Waals surface area contributed by atoms with Crippen molar-refractivity contribution in [1.29, 1.82) is 0 Å². The number of aliphatic hydroxyl groups excluding tert-OH is 1. The summed E-state index contributed by atoms with van der Waals surface area (Å²) < 4.78 is 0. The number of aliphatic hydroxyl groups is 1. The third kappa shape index (κ3) is 30.4. The molecule has 0 fully saturated rings. The SMILES string of the molecule is CC(C)C[C@H](NC(=O)[C@H](CC(C)C)NC(=O)[C@H](CCCCN)NC(=O)[C@H](CCCN=C(N)N)NC(=O)[C@H](C)NC(=O)[C@H](CCC(N)=O)NC(=O)[C@H](CCC(N)=O)NC(=O)[C@H](CCCN=C(N)N)NC(=O)[C@@H](C)[C@@H](C)O)C(N)=O. The van der Waals surface area contributed by atoms with Crippen LogP contribution in [0.2, 0.25) is 0 Å². The maximum atomic E-state index is 14.1. The van der Waals surface area contributed by atoms with Crippen LogP contribution in [0.15, 0.2) is 9.98 Å². The molecule has 0 aromatic carbocycles. The van der Waals surface area contributed by atoms with E-state index in [1.807, 2.05) is 27.7 Å². The second kappa shape index (κ2) is 37.4. The zero-order chi connectivity index (χ0) is 59.8. The van der Waals surface area contributed by atoms with Crippen molar-refractivity contribution in [2.75, 3.05) is 19.6 Å². The lowest BCUT2D eigenvalue weighted by Gasteiger charge is -2.28. The van der Waals surface area contributed by atoms with Gasteiger partial charge in [0.2, 0.25) is 65.0 Å². The molecule has 0 aliphatic rings. The molecule has 78 heavy (non-hydrogen) atoms. The van der Waals surface area contributed by atoms with Crippen molar-refractivity contribution in [2.45, 2.75) is 186 Å². The first-order chi connectivity index (χ1) is 36.4. The molecule has 0 saturated carbocycles. The van der Waals surface area contributed by atoms with Gasteiger partial charge in [-0.05, 0) is 103 Å². The van der Waals surface area contributed by atoms with Crippen LogP contribution in [-0.2, 0) is 52.7 Å². The highest BCUT2D eigenvalue weighted by Crippen LogP contribution is 2.13. The zero-order valence-electron chi connectivity index (χ0n) is 46.2. The number of rotatable bonds is 40. The molecule has 0 rings (SSSR count). The van der Waals surface area contributed by atoms with Gasteiger partial charge in [0.1, 0.15) is 48.3 Å². The first kappa shape index (κ1) is 70.6. The van der Waals surface area contributed by atoms with E-state index >= 15 is 0 Å². The topological polar surface area (TPSA) is 537 Å². The van der Waals surface area contributed by atoms with Gasteiger partial charge in [0.05, 0.1) is 12.0 Å². The summed E-state index contributed by atoms with van der Waals surface area (Å²) in [5, 5.41) is 30.4. The van der Waals surface area contributed by atoms with Gasteiger partial charge in [0.25, 0.3) is 0 Å². The summed E-state index contributed by atoms with van der Waals surface area (Å²) in [6.07, 6.45) is -1.45. The lowest BCUT2D eigenvalue weighted by atomic mass is 9.99. The number of carbonyl (C=O) groups is 11. The third-order valence-corrected chi connectivity index (χ3v) is 12.0. The number of amides is 11. The quantitative estimate of drug-likeness (QED) is 0.0154. The number of carbonyl (C=O) groups excluding carboxylic acids is 11. The molecular weight excluding hydrogens is 1020 g/mol. The number of aliphatic imine (C=N–C) groups is 2. The number of nitrogens with two attached hydrogens (primary N) is 8. The van der Waals surface area contributed by atoms with E-state index in [0.717, 1.165) is 0 Å². The summed E-state index contributed by atoms with van der Waals surface area (Å²) in [6, 6.07) is -10.8. The summed E-state index contributed by atoms with van der Waals surface area (Å²) in [6.45, 7) is 11.7. The maximum Gasteiger partial charge on any atom is 0.243 e. The van der Waals surface area contributed by atoms with E-state index in [9.17, 15) is 57.8 Å². The van der Waals surface area contributed by atoms with Crippen LogP contribution in [0.5, 0.6) is 0 Å². The summed E-state index contributed by atoms with van der Waals surface area (Å²) >= 11 is 0. The molecule has 0 aromatic heterocycles. The second-order valence-corrected chi connectivity index (χ2v) is 20.0. The highest BCUT2D eigenvalue weighted by atomic mass is 16.3. The number of unbranched alkanes of at least 4 members (excludes halogenated alkanes) is 1. The van der Waals surface area contributed by atoms with Crippen LogP contribution in [0.25, 0.3) is 0 Å². The van der Waals surface area contributed by atoms with Crippen LogP contribution in [0.3, 0.4) is 0 Å². The van der Waals surface area contributed by atoms with Crippen molar-refractivity contribution in [3.05, 3.63) is 0 Å². The Morgan fingerprint density at radius 3 is 1.08 bits per heavy atom. The molecule has 0 aromatic rings. The van der Waals surface area contributed by atoms with E-state index in [4.69, 9.17) is 45.9 Å². The number of primary amides is 3. The van der Waals surface area contributed by atoms with E-state index < -0.39 is 151 Å². The molecule has 0 bridgehead atoms. The highest BCUT2D eigenvalue weighted by Gasteiger charge is 2.35. The Balaban J connectivity index is 6.78. The lowest BCUT2D eigenvalue weighted by Crippen LogP contribution is -2.60. The molecule has 0 unspecified atom stereocenters. The lowest BCUT2D eigenvalue weighted by molar-refractivity contribution is -0.136. The number of hydrogen-bond donors (Lipinski definition) is 17. The van der Waals surface area contributed by atoms with Gasteiger partial charge in [-0.3, -0.25) is 62.7 Å². The average Bonchev–Trinajstić information content (AvgIpc) is 3.33. The molecule has 30 nitrogen and oxygen atoms in total. The normalized spacial score (nSPS) is 14.9. The molecule has 0 heterocycles. The molecule has 0 radical (unpaired) electrons. The largest absolute Gasteiger partial charge is 0.393 e. The van der Waals surface area contributed by atoms with Gasteiger partial charge in [-0.1, -0.05) is 34.6 Å². The van der Waals surface area contributed by atoms with Crippen molar-refractivity contribution in [3.8, 4) is 0 Å². The Bertz CT molecular complexity index is 2060. The first-order valence-corrected chi connectivity index (χ1v) is 26.2. The summed E-state index contributed by atoms with van der Waals surface area (Å²) in [5.74, 6) is -10.9. The molecule has 0 aliphatic carbocycles. The maximum absolute atomic E-state index is 14.1. The first-order valence-electron chi connectivity index (χ1n) is 26.2. The van der Waals surface area contributed by atoms with Gasteiger partial charge in [0, 0.05) is 25.9 Å². The van der Waals surface area contributed by atoms with Crippen LogP contribution in [0.4, 0.5) is 0 Å². The minimum Gasteiger partial charge on any atom is -0.393 e. The summed E-state index contributed by atoms with van der Waals surface area (Å²) in [7, 11) is 0. The van der Waals surface area contributed by atoms with E-state index in [1.54, 1.807) is 0 Å². The summed E-state index contributed by atoms with van der Waals surface area (Å²) in [5.41, 5.74) is 43.9. The Labute approximate surface area is 455 Å². The van der Waals surface area contributed by atoms with E-state index in [1.165, 1.54) is 20.8 Å². The Morgan fingerprint density at radius 2 is 0.718 bits per heavy atom. The van der Waals surface area contributed by atoms with E-state index in [0.29, 0.717) is 12.8 Å². The number of guanidine groups is 2. The molecule has 0 spiro atoms. The molecule has 11 amide bonds. The molecule has 0 saturated heterocycles. The second-order valence-electron chi connectivity index (χ2n) is 20.0. The average molecular weight is 1110 g/mol. The van der Waals surface area contributed by atoms with Crippen molar-refractivity contribution < 1.29 is 57.8 Å². The van der Waals surface area contributed by atoms with Gasteiger partial charge >= 0.3 is 0 Å². The van der Waals surface area contributed by atoms with Crippen molar-refractivity contribution in [2.24, 2.45) is 73.6 Å². The standard InChI is InChI=1S/C48H90N18O12/c1-24(2)22-34(38(52)70)65-46(78)35(23-25(3)4)66-44(76)29(12-8-9-19-49)62-43(75)31(14-11-21-58-48(55)56)61-40(72)27(6)59-41(73)32(15-17-36(50)68)63-45(77)33(16-18-37(51)69)64-42(74)30(13-10-20-57-47(53)54)60-39(71)26(5)28(7)67/h24-35,67H,8-23,49H2,1-7H3,(H2,50,68)(H2,51,69)(H2,52,70)(H,59,73)(H,60,71)(H,61,72)(H,62,75)(H,63,77)(H,64,74)(H,65,78)(H,66,76)(H4,53,54,57)(H4,55,56,58)/t26-,27-,28+,29-,30-,31-,32-,33-,34-,35-/m0/s1. The number of nitrogens with one attached hydrogen (secondary N) is 8. The van der Waals surface area contributed by atoms with Gasteiger partial charge in [0.15, 0.2) is 11.9 Å². The summed E-state index contributed by atoms with van der Waals surface area (Å²) in [4.78, 5) is 154. The minimum atomic E-state index is -1.61. The Hall–Kier alpha value is -7.37. The molecule has 0 aliphatic heterocycles. The van der Waals surface area contributed by atoms with Crippen LogP contribution in [0, 0.1) is 17.8 Å². The minimum absolute atomic E-state index is 0.00692. The van der Waals surface area contributed by atoms with Crippen molar-refractivity contribution in [1.82, 2.24) is 42.5 Å². The van der Waals surface area contributed by atoms with Crippen molar-refractivity contribution >= 4 is 76.9 Å². The third-order valence-electron chi connectivity index (χ3n) is 12.0. The molecule has 25 N–H and O–H groups in total. The molecular formula is C48H90N18O12. The van der Waals surface area contributed by atoms with E-state index in [-0.39, 0.29) is 88.3 Å². The molecule has 30 heteroatoms. The van der Waals surface area contributed by atoms with Gasteiger partial charge in [-0.2, -0.15) is 0 Å². The predicted molar refractivity (Wildman–Crippen MR) is 290 cm³/mol. The highest BCUT2D eigenvalue weighted by molar-refractivity contribution is 5.98. The van der Waals surface area contributed by atoms with Gasteiger partial charge in [-0.25, -0.2) is 0 Å². The molecule has 444 valence electrons. The smallest absolute Gasteiger partial charge is 0.243 e. The number of hydrogen-bond acceptors (Lipinski definition) is 15. The fraction of sp³-hybridized carbons (Fsp3) is 0.729. The Morgan fingerprint density at radius 1 is 0.397 bits per heavy atom. The van der Waals surface area contributed by atoms with Crippen LogP contribution < -0.4 is 88.4 Å². The van der Waals surface area contributed by atoms with Crippen LogP contribution in [-0.4, -0.2) is 156 Å². The van der Waals surface area contributed by atoms with E-state index in [2.05, 4.69) is 52.5 Å². The number of nitrogens with zero attached hydrogens (tertiary/aromatic N) is 2. The monoisotopic (exact) mass is 1110 g/mol.